The molecule has 8 heteroatoms. The summed E-state index contributed by atoms with van der Waals surface area (Å²) in [7, 11) is -2.84. The van der Waals surface area contributed by atoms with Crippen LogP contribution in [0.4, 0.5) is 5.82 Å². The summed E-state index contributed by atoms with van der Waals surface area (Å²) in [5.41, 5.74) is 2.45. The van der Waals surface area contributed by atoms with Crippen LogP contribution in [0.1, 0.15) is 12.0 Å². The van der Waals surface area contributed by atoms with Gasteiger partial charge < -0.3 is 4.90 Å². The van der Waals surface area contributed by atoms with Crippen LogP contribution in [0, 0.1) is 6.92 Å². The van der Waals surface area contributed by atoms with Crippen LogP contribution in [0.5, 0.6) is 0 Å². The van der Waals surface area contributed by atoms with Crippen molar-refractivity contribution in [1.82, 2.24) is 14.9 Å². The van der Waals surface area contributed by atoms with Crippen molar-refractivity contribution in [3.8, 4) is 10.4 Å². The Morgan fingerprint density at radius 2 is 1.83 bits per heavy atom. The van der Waals surface area contributed by atoms with E-state index in [9.17, 15) is 8.42 Å². The lowest BCUT2D eigenvalue weighted by molar-refractivity contribution is 0.200. The summed E-state index contributed by atoms with van der Waals surface area (Å²) in [6, 6.07) is 10.6. The van der Waals surface area contributed by atoms with E-state index >= 15 is 0 Å². The van der Waals surface area contributed by atoms with E-state index in [0.717, 1.165) is 48.6 Å². The van der Waals surface area contributed by atoms with Crippen LogP contribution in [-0.4, -0.2) is 67.0 Å². The molecule has 2 aromatic heterocycles. The largest absolute Gasteiger partial charge is 0.353 e. The highest BCUT2D eigenvalue weighted by molar-refractivity contribution is 7.91. The van der Waals surface area contributed by atoms with Gasteiger partial charge in [0.15, 0.2) is 9.84 Å². The third-order valence-electron chi connectivity index (χ3n) is 6.08. The van der Waals surface area contributed by atoms with Gasteiger partial charge in [-0.3, -0.25) is 4.90 Å². The van der Waals surface area contributed by atoms with Crippen molar-refractivity contribution in [2.45, 2.75) is 19.4 Å². The van der Waals surface area contributed by atoms with Crippen molar-refractivity contribution >= 4 is 37.2 Å². The molecule has 0 radical (unpaired) electrons. The number of aromatic nitrogens is 2. The zero-order valence-electron chi connectivity index (χ0n) is 16.4. The molecule has 29 heavy (non-hydrogen) atoms. The van der Waals surface area contributed by atoms with Crippen LogP contribution < -0.4 is 4.90 Å². The fourth-order valence-electron chi connectivity index (χ4n) is 4.52. The Hall–Kier alpha value is -2.03. The van der Waals surface area contributed by atoms with E-state index in [2.05, 4.69) is 51.0 Å². The summed E-state index contributed by atoms with van der Waals surface area (Å²) >= 11 is 1.72. The number of fused-ring (bicyclic) bond motifs is 1. The van der Waals surface area contributed by atoms with Crippen LogP contribution in [0.15, 0.2) is 36.7 Å². The quantitative estimate of drug-likeness (QED) is 0.639. The molecule has 0 amide bonds. The Kier molecular flexibility index (Phi) is 4.80. The first-order chi connectivity index (χ1) is 14.0. The van der Waals surface area contributed by atoms with Crippen molar-refractivity contribution in [2.75, 3.05) is 42.6 Å². The van der Waals surface area contributed by atoms with Crippen molar-refractivity contribution in [3.05, 3.63) is 42.2 Å². The second-order valence-corrected chi connectivity index (χ2v) is 11.1. The number of hydrogen-bond acceptors (Lipinski definition) is 7. The maximum absolute atomic E-state index is 11.8. The lowest BCUT2D eigenvalue weighted by Crippen LogP contribution is -2.51. The smallest absolute Gasteiger partial charge is 0.151 e. The Balaban J connectivity index is 1.41. The number of sulfone groups is 1. The second-order valence-electron chi connectivity index (χ2n) is 7.88. The number of anilines is 1. The van der Waals surface area contributed by atoms with E-state index in [1.165, 1.54) is 16.0 Å². The number of hydrogen-bond donors (Lipinski definition) is 0. The highest BCUT2D eigenvalue weighted by atomic mass is 32.2. The number of thiophene rings is 1. The zero-order valence-corrected chi connectivity index (χ0v) is 18.0. The molecule has 2 saturated heterocycles. The van der Waals surface area contributed by atoms with Gasteiger partial charge in [0.25, 0.3) is 0 Å². The fraction of sp³-hybridized carbons (Fsp3) is 0.429. The first-order valence-electron chi connectivity index (χ1n) is 10.0. The number of aryl methyl sites for hydroxylation is 1. The van der Waals surface area contributed by atoms with Gasteiger partial charge in [-0.15, -0.1) is 11.3 Å². The Bertz CT molecular complexity index is 1140. The molecule has 0 spiro atoms. The Morgan fingerprint density at radius 3 is 2.52 bits per heavy atom. The number of piperazine rings is 1. The van der Waals surface area contributed by atoms with Gasteiger partial charge >= 0.3 is 0 Å². The monoisotopic (exact) mass is 428 g/mol. The maximum atomic E-state index is 11.8. The average molecular weight is 429 g/mol. The topological polar surface area (TPSA) is 66.4 Å². The second kappa shape index (κ2) is 7.34. The molecule has 1 aromatic carbocycles. The van der Waals surface area contributed by atoms with Crippen LogP contribution in [0.25, 0.3) is 20.7 Å². The molecule has 5 rings (SSSR count). The van der Waals surface area contributed by atoms with E-state index < -0.39 is 9.84 Å². The molecule has 0 saturated carbocycles. The third kappa shape index (κ3) is 3.53. The number of rotatable bonds is 3. The minimum atomic E-state index is -2.84. The predicted octanol–water partition coefficient (Wildman–Crippen LogP) is 2.98. The molecule has 3 aromatic rings. The number of benzene rings is 1. The summed E-state index contributed by atoms with van der Waals surface area (Å²) in [4.78, 5) is 16.1. The molecule has 6 nitrogen and oxygen atoms in total. The maximum Gasteiger partial charge on any atom is 0.151 e. The first-order valence-corrected chi connectivity index (χ1v) is 12.6. The van der Waals surface area contributed by atoms with Crippen molar-refractivity contribution in [2.24, 2.45) is 0 Å². The SMILES string of the molecule is Cc1c(-c2ccccc2)sc2ncnc(N3CCN([C@@H]4CCS(=O)(=O)C4)CC3)c12. The zero-order chi connectivity index (χ0) is 20.0. The molecule has 2 fully saturated rings. The van der Waals surface area contributed by atoms with Crippen molar-refractivity contribution in [1.29, 1.82) is 0 Å². The summed E-state index contributed by atoms with van der Waals surface area (Å²) in [6.45, 7) is 5.63. The van der Waals surface area contributed by atoms with Gasteiger partial charge in [0, 0.05) is 37.1 Å². The molecule has 0 aliphatic carbocycles. The molecule has 152 valence electrons. The molecular formula is C21H24N4O2S2. The Labute approximate surface area is 175 Å². The molecule has 1 atom stereocenters. The van der Waals surface area contributed by atoms with Crippen LogP contribution in [0.3, 0.4) is 0 Å². The summed E-state index contributed by atoms with van der Waals surface area (Å²) in [6.07, 6.45) is 2.43. The van der Waals surface area contributed by atoms with Crippen molar-refractivity contribution in [3.63, 3.8) is 0 Å². The summed E-state index contributed by atoms with van der Waals surface area (Å²) < 4.78 is 23.6. The lowest BCUT2D eigenvalue weighted by Gasteiger charge is -2.38. The fourth-order valence-corrected chi connectivity index (χ4v) is 7.43. The van der Waals surface area contributed by atoms with Crippen LogP contribution in [0.2, 0.25) is 0 Å². The lowest BCUT2D eigenvalue weighted by atomic mass is 10.1. The Morgan fingerprint density at radius 1 is 1.07 bits per heavy atom. The highest BCUT2D eigenvalue weighted by Gasteiger charge is 2.34. The van der Waals surface area contributed by atoms with Crippen LogP contribution in [-0.2, 0) is 9.84 Å². The molecule has 0 N–H and O–H groups in total. The van der Waals surface area contributed by atoms with Crippen LogP contribution >= 0.6 is 11.3 Å². The summed E-state index contributed by atoms with van der Waals surface area (Å²) in [5.74, 6) is 1.65. The first kappa shape index (κ1) is 19.0. The van der Waals surface area contributed by atoms with E-state index in [1.807, 2.05) is 6.07 Å². The number of nitrogens with zero attached hydrogens (tertiary/aromatic N) is 4. The molecule has 0 bridgehead atoms. The molecule has 2 aliphatic rings. The minimum Gasteiger partial charge on any atom is -0.353 e. The van der Waals surface area contributed by atoms with E-state index in [4.69, 9.17) is 0 Å². The minimum absolute atomic E-state index is 0.181. The van der Waals surface area contributed by atoms with E-state index in [1.54, 1.807) is 17.7 Å². The molecule has 2 aliphatic heterocycles. The van der Waals surface area contributed by atoms with E-state index in [-0.39, 0.29) is 6.04 Å². The standard InChI is InChI=1S/C21H24N4O2S2/c1-15-18-20(22-14-23-21(18)28-19(15)16-5-3-2-4-6-16)25-10-8-24(9-11-25)17-7-12-29(26,27)13-17/h2-6,14,17H,7-13H2,1H3/t17-/m1/s1. The van der Waals surface area contributed by atoms with Gasteiger partial charge in [-0.2, -0.15) is 0 Å². The van der Waals surface area contributed by atoms with Gasteiger partial charge in [0.2, 0.25) is 0 Å². The van der Waals surface area contributed by atoms with Gasteiger partial charge in [0.1, 0.15) is 17.0 Å². The predicted molar refractivity (Wildman–Crippen MR) is 118 cm³/mol. The highest BCUT2D eigenvalue weighted by Crippen LogP contribution is 2.40. The molecule has 0 unspecified atom stereocenters. The van der Waals surface area contributed by atoms with E-state index in [0.29, 0.717) is 11.5 Å². The summed E-state index contributed by atoms with van der Waals surface area (Å²) in [5, 5.41) is 1.15. The van der Waals surface area contributed by atoms with Crippen molar-refractivity contribution < 1.29 is 8.42 Å². The van der Waals surface area contributed by atoms with Gasteiger partial charge in [0.05, 0.1) is 16.9 Å². The molecular weight excluding hydrogens is 404 g/mol. The normalized spacial score (nSPS) is 22.4. The average Bonchev–Trinajstić information content (AvgIpc) is 3.28. The molecule has 4 heterocycles. The van der Waals surface area contributed by atoms with Gasteiger partial charge in [-0.05, 0) is 24.5 Å². The van der Waals surface area contributed by atoms with Gasteiger partial charge in [-0.25, -0.2) is 18.4 Å². The van der Waals surface area contributed by atoms with Gasteiger partial charge in [-0.1, -0.05) is 30.3 Å². The third-order valence-corrected chi connectivity index (χ3v) is 9.08.